The number of nitrogens with zero attached hydrogens (tertiary/aromatic N) is 1. The van der Waals surface area contributed by atoms with Crippen molar-refractivity contribution in [1.29, 1.82) is 0 Å². The molecule has 1 heterocycles. The number of nitro benzene ring substituents is 1. The summed E-state index contributed by atoms with van der Waals surface area (Å²) in [4.78, 5) is 9.93. The van der Waals surface area contributed by atoms with Gasteiger partial charge in [0.2, 0.25) is 0 Å². The van der Waals surface area contributed by atoms with E-state index < -0.39 is 16.9 Å². The standard InChI is InChI=1S/C12H14F2N2O3/c1-12(4-5-19-7-12)15-10-3-2-8(16(17)18)6-9(10)11(13)14/h2-3,6,11,15H,4-5,7H2,1H3. The minimum Gasteiger partial charge on any atom is -0.379 e. The van der Waals surface area contributed by atoms with Crippen molar-refractivity contribution in [3.8, 4) is 0 Å². The number of hydrogen-bond acceptors (Lipinski definition) is 4. The Kier molecular flexibility index (Phi) is 3.66. The van der Waals surface area contributed by atoms with Crippen molar-refractivity contribution in [2.45, 2.75) is 25.3 Å². The second-order valence-corrected chi connectivity index (χ2v) is 4.82. The van der Waals surface area contributed by atoms with E-state index in [4.69, 9.17) is 4.74 Å². The molecular formula is C12H14F2N2O3. The molecular weight excluding hydrogens is 258 g/mol. The zero-order chi connectivity index (χ0) is 14.0. The van der Waals surface area contributed by atoms with Crippen LogP contribution in [0, 0.1) is 10.1 Å². The van der Waals surface area contributed by atoms with Gasteiger partial charge in [-0.3, -0.25) is 10.1 Å². The molecule has 19 heavy (non-hydrogen) atoms. The second-order valence-electron chi connectivity index (χ2n) is 4.82. The third kappa shape index (κ3) is 2.98. The number of hydrogen-bond donors (Lipinski definition) is 1. The van der Waals surface area contributed by atoms with Crippen LogP contribution >= 0.6 is 0 Å². The Morgan fingerprint density at radius 3 is 2.79 bits per heavy atom. The molecule has 0 spiro atoms. The van der Waals surface area contributed by atoms with Gasteiger partial charge in [-0.05, 0) is 19.4 Å². The van der Waals surface area contributed by atoms with Gasteiger partial charge in [0.1, 0.15) is 0 Å². The highest BCUT2D eigenvalue weighted by atomic mass is 19.3. The predicted molar refractivity (Wildman–Crippen MR) is 65.5 cm³/mol. The van der Waals surface area contributed by atoms with Crippen molar-refractivity contribution in [2.75, 3.05) is 18.5 Å². The summed E-state index contributed by atoms with van der Waals surface area (Å²) in [5.41, 5.74) is -0.899. The van der Waals surface area contributed by atoms with Gasteiger partial charge in [0.25, 0.3) is 12.1 Å². The third-order valence-electron chi connectivity index (χ3n) is 3.14. The average molecular weight is 272 g/mol. The molecule has 7 heteroatoms. The lowest BCUT2D eigenvalue weighted by atomic mass is 10.00. The number of anilines is 1. The summed E-state index contributed by atoms with van der Waals surface area (Å²) in [6.45, 7) is 2.86. The molecule has 5 nitrogen and oxygen atoms in total. The van der Waals surface area contributed by atoms with Gasteiger partial charge in [-0.1, -0.05) is 0 Å². The van der Waals surface area contributed by atoms with Gasteiger partial charge in [-0.2, -0.15) is 0 Å². The maximum Gasteiger partial charge on any atom is 0.270 e. The van der Waals surface area contributed by atoms with E-state index in [-0.39, 0.29) is 16.9 Å². The van der Waals surface area contributed by atoms with E-state index in [1.807, 2.05) is 6.92 Å². The summed E-state index contributed by atoms with van der Waals surface area (Å²) in [5.74, 6) is 0. The molecule has 0 amide bonds. The molecule has 0 radical (unpaired) electrons. The Bertz CT molecular complexity index is 488. The normalized spacial score (nSPS) is 22.7. The molecule has 0 aromatic heterocycles. The van der Waals surface area contributed by atoms with Crippen LogP contribution in [0.25, 0.3) is 0 Å². The van der Waals surface area contributed by atoms with E-state index in [0.29, 0.717) is 19.6 Å². The Labute approximate surface area is 108 Å². The van der Waals surface area contributed by atoms with Crippen LogP contribution in [0.15, 0.2) is 18.2 Å². The molecule has 1 aliphatic heterocycles. The van der Waals surface area contributed by atoms with E-state index in [0.717, 1.165) is 6.07 Å². The average Bonchev–Trinajstić information content (AvgIpc) is 2.75. The second kappa shape index (κ2) is 5.08. The maximum atomic E-state index is 13.0. The summed E-state index contributed by atoms with van der Waals surface area (Å²) in [6.07, 6.45) is -2.07. The molecule has 1 fully saturated rings. The fourth-order valence-electron chi connectivity index (χ4n) is 2.05. The first-order valence-corrected chi connectivity index (χ1v) is 5.84. The fourth-order valence-corrected chi connectivity index (χ4v) is 2.05. The molecule has 1 aromatic carbocycles. The van der Waals surface area contributed by atoms with E-state index in [1.165, 1.54) is 12.1 Å². The number of nitro groups is 1. The van der Waals surface area contributed by atoms with Gasteiger partial charge in [0, 0.05) is 30.0 Å². The topological polar surface area (TPSA) is 64.4 Å². The molecule has 1 saturated heterocycles. The number of non-ortho nitro benzene ring substituents is 1. The molecule has 0 bridgehead atoms. The number of benzene rings is 1. The van der Waals surface area contributed by atoms with Crippen molar-refractivity contribution in [3.05, 3.63) is 33.9 Å². The quantitative estimate of drug-likeness (QED) is 0.675. The summed E-state index contributed by atoms with van der Waals surface area (Å²) in [5, 5.41) is 13.6. The fraction of sp³-hybridized carbons (Fsp3) is 0.500. The molecule has 1 N–H and O–H groups in total. The number of ether oxygens (including phenoxy) is 1. The van der Waals surface area contributed by atoms with Gasteiger partial charge in [0.15, 0.2) is 0 Å². The van der Waals surface area contributed by atoms with Crippen molar-refractivity contribution in [3.63, 3.8) is 0 Å². The van der Waals surface area contributed by atoms with E-state index in [9.17, 15) is 18.9 Å². The Balaban J connectivity index is 2.31. The van der Waals surface area contributed by atoms with Crippen molar-refractivity contribution in [2.24, 2.45) is 0 Å². The monoisotopic (exact) mass is 272 g/mol. The van der Waals surface area contributed by atoms with Crippen LogP contribution in [0.2, 0.25) is 0 Å². The minimum atomic E-state index is -2.77. The molecule has 1 aromatic rings. The molecule has 0 saturated carbocycles. The number of nitrogens with one attached hydrogen (secondary N) is 1. The zero-order valence-electron chi connectivity index (χ0n) is 10.4. The third-order valence-corrected chi connectivity index (χ3v) is 3.14. The van der Waals surface area contributed by atoms with Crippen LogP contribution in [0.1, 0.15) is 25.3 Å². The highest BCUT2D eigenvalue weighted by Crippen LogP contribution is 2.33. The number of alkyl halides is 2. The van der Waals surface area contributed by atoms with Crippen molar-refractivity contribution in [1.82, 2.24) is 0 Å². The van der Waals surface area contributed by atoms with E-state index in [2.05, 4.69) is 5.32 Å². The summed E-state index contributed by atoms with van der Waals surface area (Å²) in [6, 6.07) is 3.45. The van der Waals surface area contributed by atoms with Crippen LogP contribution in [0.4, 0.5) is 20.2 Å². The minimum absolute atomic E-state index is 0.216. The lowest BCUT2D eigenvalue weighted by molar-refractivity contribution is -0.385. The number of halogens is 2. The maximum absolute atomic E-state index is 13.0. The van der Waals surface area contributed by atoms with Crippen LogP contribution in [-0.2, 0) is 4.74 Å². The highest BCUT2D eigenvalue weighted by molar-refractivity contribution is 5.58. The van der Waals surface area contributed by atoms with Gasteiger partial charge >= 0.3 is 0 Å². The smallest absolute Gasteiger partial charge is 0.270 e. The first kappa shape index (κ1) is 13.7. The summed E-state index contributed by atoms with van der Waals surface area (Å²) in [7, 11) is 0. The molecule has 1 aliphatic rings. The van der Waals surface area contributed by atoms with Crippen molar-refractivity contribution < 1.29 is 18.4 Å². The SMILES string of the molecule is CC1(Nc2ccc([N+](=O)[O-])cc2C(F)F)CCOC1. The predicted octanol–water partition coefficient (Wildman–Crippen LogP) is 3.12. The summed E-state index contributed by atoms with van der Waals surface area (Å²) < 4.78 is 31.2. The van der Waals surface area contributed by atoms with Gasteiger partial charge in [-0.15, -0.1) is 0 Å². The van der Waals surface area contributed by atoms with E-state index >= 15 is 0 Å². The van der Waals surface area contributed by atoms with Gasteiger partial charge in [-0.25, -0.2) is 8.78 Å². The molecule has 104 valence electrons. The molecule has 1 unspecified atom stereocenters. The van der Waals surface area contributed by atoms with Crippen molar-refractivity contribution >= 4 is 11.4 Å². The first-order chi connectivity index (χ1) is 8.91. The Morgan fingerprint density at radius 1 is 1.53 bits per heavy atom. The van der Waals surface area contributed by atoms with Crippen LogP contribution in [-0.4, -0.2) is 23.7 Å². The molecule has 1 atom stereocenters. The molecule has 0 aliphatic carbocycles. The van der Waals surface area contributed by atoms with Crippen LogP contribution in [0.3, 0.4) is 0 Å². The Morgan fingerprint density at radius 2 is 2.26 bits per heavy atom. The largest absolute Gasteiger partial charge is 0.379 e. The summed E-state index contributed by atoms with van der Waals surface area (Å²) >= 11 is 0. The van der Waals surface area contributed by atoms with Crippen LogP contribution in [0.5, 0.6) is 0 Å². The zero-order valence-corrected chi connectivity index (χ0v) is 10.4. The van der Waals surface area contributed by atoms with Crippen LogP contribution < -0.4 is 5.32 Å². The lowest BCUT2D eigenvalue weighted by Gasteiger charge is -2.26. The Hall–Kier alpha value is -1.76. The van der Waals surface area contributed by atoms with E-state index in [1.54, 1.807) is 0 Å². The molecule has 2 rings (SSSR count). The van der Waals surface area contributed by atoms with Gasteiger partial charge in [0.05, 0.1) is 17.1 Å². The lowest BCUT2D eigenvalue weighted by Crippen LogP contribution is -2.35. The van der Waals surface area contributed by atoms with Gasteiger partial charge < -0.3 is 10.1 Å². The first-order valence-electron chi connectivity index (χ1n) is 5.84. The number of rotatable bonds is 4. The highest BCUT2D eigenvalue weighted by Gasteiger charge is 2.31.